The molecule has 146 valence electrons. The molecule has 2 aromatic carbocycles. The number of nitrogens with zero attached hydrogens (tertiary/aromatic N) is 1. The standard InChI is InChI=1S/C22H23ClN2O3/c1-3-27-19-10-6-17(7-11-19)20-14-24-22(28-20)13-12-21(26)25-15(2)16-4-8-18(23)9-5-16/h4-11,14-15H,3,12-13H2,1-2H3,(H,25,26)/t15-/m1/s1. The highest BCUT2D eigenvalue weighted by molar-refractivity contribution is 6.30. The number of benzene rings is 2. The molecule has 3 rings (SSSR count). The van der Waals surface area contributed by atoms with Gasteiger partial charge in [-0.3, -0.25) is 4.79 Å². The van der Waals surface area contributed by atoms with Gasteiger partial charge >= 0.3 is 0 Å². The Morgan fingerprint density at radius 1 is 1.18 bits per heavy atom. The van der Waals surface area contributed by atoms with Crippen LogP contribution in [0.2, 0.25) is 5.02 Å². The average molecular weight is 399 g/mol. The maximum absolute atomic E-state index is 12.2. The second-order valence-electron chi connectivity index (χ2n) is 6.42. The molecule has 1 atom stereocenters. The average Bonchev–Trinajstić information content (AvgIpc) is 3.17. The number of carbonyl (C=O) groups excluding carboxylic acids is 1. The van der Waals surface area contributed by atoms with Gasteiger partial charge in [-0.25, -0.2) is 4.98 Å². The predicted octanol–water partition coefficient (Wildman–Crippen LogP) is 5.20. The third kappa shape index (κ3) is 5.36. The maximum Gasteiger partial charge on any atom is 0.220 e. The number of oxazole rings is 1. The van der Waals surface area contributed by atoms with Gasteiger partial charge in [0.15, 0.2) is 11.7 Å². The Hall–Kier alpha value is -2.79. The van der Waals surface area contributed by atoms with Gasteiger partial charge in [0.1, 0.15) is 5.75 Å². The first kappa shape index (κ1) is 20.0. The van der Waals surface area contributed by atoms with Crippen molar-refractivity contribution in [2.75, 3.05) is 6.61 Å². The summed E-state index contributed by atoms with van der Waals surface area (Å²) in [7, 11) is 0. The fourth-order valence-electron chi connectivity index (χ4n) is 2.81. The van der Waals surface area contributed by atoms with Crippen molar-refractivity contribution in [3.8, 4) is 17.1 Å². The molecule has 0 aliphatic heterocycles. The van der Waals surface area contributed by atoms with E-state index in [0.717, 1.165) is 16.9 Å². The van der Waals surface area contributed by atoms with Crippen LogP contribution in [0.1, 0.15) is 37.8 Å². The van der Waals surface area contributed by atoms with Crippen LogP contribution in [0.4, 0.5) is 0 Å². The quantitative estimate of drug-likeness (QED) is 0.566. The summed E-state index contributed by atoms with van der Waals surface area (Å²) in [6.45, 7) is 4.52. The largest absolute Gasteiger partial charge is 0.494 e. The maximum atomic E-state index is 12.2. The zero-order chi connectivity index (χ0) is 19.9. The molecule has 3 aromatic rings. The first-order valence-electron chi connectivity index (χ1n) is 9.28. The minimum Gasteiger partial charge on any atom is -0.494 e. The van der Waals surface area contributed by atoms with Crippen LogP contribution in [0.15, 0.2) is 59.1 Å². The van der Waals surface area contributed by atoms with Crippen LogP contribution in [0.3, 0.4) is 0 Å². The van der Waals surface area contributed by atoms with Crippen LogP contribution in [0, 0.1) is 0 Å². The van der Waals surface area contributed by atoms with Gasteiger partial charge in [-0.15, -0.1) is 0 Å². The van der Waals surface area contributed by atoms with E-state index >= 15 is 0 Å². The number of nitrogens with one attached hydrogen (secondary N) is 1. The van der Waals surface area contributed by atoms with Gasteiger partial charge in [-0.1, -0.05) is 23.7 Å². The minimum absolute atomic E-state index is 0.0525. The molecule has 0 aliphatic rings. The first-order valence-corrected chi connectivity index (χ1v) is 9.65. The van der Waals surface area contributed by atoms with Crippen molar-refractivity contribution in [1.29, 1.82) is 0 Å². The van der Waals surface area contributed by atoms with Crippen molar-refractivity contribution >= 4 is 17.5 Å². The molecule has 0 aliphatic carbocycles. The summed E-state index contributed by atoms with van der Waals surface area (Å²) in [5.41, 5.74) is 1.93. The summed E-state index contributed by atoms with van der Waals surface area (Å²) in [5.74, 6) is 1.98. The Morgan fingerprint density at radius 2 is 1.89 bits per heavy atom. The lowest BCUT2D eigenvalue weighted by molar-refractivity contribution is -0.121. The number of carbonyl (C=O) groups is 1. The summed E-state index contributed by atoms with van der Waals surface area (Å²) in [5, 5.41) is 3.65. The molecule has 0 radical (unpaired) electrons. The van der Waals surface area contributed by atoms with E-state index in [1.165, 1.54) is 0 Å². The van der Waals surface area contributed by atoms with Crippen molar-refractivity contribution in [3.05, 3.63) is 71.2 Å². The fourth-order valence-corrected chi connectivity index (χ4v) is 2.94. The third-order valence-electron chi connectivity index (χ3n) is 4.32. The smallest absolute Gasteiger partial charge is 0.220 e. The van der Waals surface area contributed by atoms with Gasteiger partial charge in [0.2, 0.25) is 5.91 Å². The van der Waals surface area contributed by atoms with Crippen molar-refractivity contribution in [2.45, 2.75) is 32.7 Å². The predicted molar refractivity (Wildman–Crippen MR) is 109 cm³/mol. The lowest BCUT2D eigenvalue weighted by Crippen LogP contribution is -2.26. The van der Waals surface area contributed by atoms with Crippen LogP contribution in [0.5, 0.6) is 5.75 Å². The van der Waals surface area contributed by atoms with E-state index in [4.69, 9.17) is 20.8 Å². The molecule has 0 fully saturated rings. The molecular formula is C22H23ClN2O3. The molecule has 1 amide bonds. The van der Waals surface area contributed by atoms with Crippen LogP contribution in [-0.4, -0.2) is 17.5 Å². The van der Waals surface area contributed by atoms with Gasteiger partial charge in [-0.05, 0) is 55.8 Å². The molecule has 1 aromatic heterocycles. The minimum atomic E-state index is -0.0891. The zero-order valence-electron chi connectivity index (χ0n) is 15.9. The van der Waals surface area contributed by atoms with E-state index in [1.807, 2.05) is 62.4 Å². The van der Waals surface area contributed by atoms with E-state index in [9.17, 15) is 4.79 Å². The van der Waals surface area contributed by atoms with Gasteiger partial charge in [-0.2, -0.15) is 0 Å². The SMILES string of the molecule is CCOc1ccc(-c2cnc(CCC(=O)N[C@H](C)c3ccc(Cl)cc3)o2)cc1. The monoisotopic (exact) mass is 398 g/mol. The molecule has 0 unspecified atom stereocenters. The molecule has 5 nitrogen and oxygen atoms in total. The highest BCUT2D eigenvalue weighted by atomic mass is 35.5. The zero-order valence-corrected chi connectivity index (χ0v) is 16.7. The number of hydrogen-bond acceptors (Lipinski definition) is 4. The molecule has 1 N–H and O–H groups in total. The highest BCUT2D eigenvalue weighted by Crippen LogP contribution is 2.24. The molecule has 0 bridgehead atoms. The normalized spacial score (nSPS) is 11.8. The molecule has 0 saturated heterocycles. The summed E-state index contributed by atoms with van der Waals surface area (Å²) < 4.78 is 11.2. The van der Waals surface area contributed by atoms with Crippen LogP contribution in [-0.2, 0) is 11.2 Å². The second kappa shape index (κ2) is 9.42. The van der Waals surface area contributed by atoms with E-state index < -0.39 is 0 Å². The highest BCUT2D eigenvalue weighted by Gasteiger charge is 2.12. The van der Waals surface area contributed by atoms with E-state index in [2.05, 4.69) is 10.3 Å². The van der Waals surface area contributed by atoms with Crippen LogP contribution >= 0.6 is 11.6 Å². The molecule has 28 heavy (non-hydrogen) atoms. The molecule has 6 heteroatoms. The van der Waals surface area contributed by atoms with E-state index in [1.54, 1.807) is 6.20 Å². The Morgan fingerprint density at radius 3 is 2.57 bits per heavy atom. The number of halogens is 1. The molecule has 1 heterocycles. The summed E-state index contributed by atoms with van der Waals surface area (Å²) in [6, 6.07) is 15.0. The Kier molecular flexibility index (Phi) is 6.71. The number of amides is 1. The van der Waals surface area contributed by atoms with E-state index in [-0.39, 0.29) is 11.9 Å². The van der Waals surface area contributed by atoms with E-state index in [0.29, 0.717) is 36.1 Å². The Bertz CT molecular complexity index is 904. The van der Waals surface area contributed by atoms with Gasteiger partial charge in [0, 0.05) is 23.4 Å². The number of aromatic nitrogens is 1. The fraction of sp³-hybridized carbons (Fsp3) is 0.273. The number of ether oxygens (including phenoxy) is 1. The lowest BCUT2D eigenvalue weighted by atomic mass is 10.1. The van der Waals surface area contributed by atoms with Crippen LogP contribution < -0.4 is 10.1 Å². The van der Waals surface area contributed by atoms with Gasteiger partial charge in [0.05, 0.1) is 18.8 Å². The van der Waals surface area contributed by atoms with Crippen LogP contribution in [0.25, 0.3) is 11.3 Å². The third-order valence-corrected chi connectivity index (χ3v) is 4.57. The number of rotatable bonds is 8. The van der Waals surface area contributed by atoms with Crippen molar-refractivity contribution < 1.29 is 13.9 Å². The molecule has 0 saturated carbocycles. The summed E-state index contributed by atoms with van der Waals surface area (Å²) in [4.78, 5) is 16.5. The first-order chi connectivity index (χ1) is 13.5. The topological polar surface area (TPSA) is 64.4 Å². The number of hydrogen-bond donors (Lipinski definition) is 1. The Labute approximate surface area is 169 Å². The lowest BCUT2D eigenvalue weighted by Gasteiger charge is -2.14. The molecular weight excluding hydrogens is 376 g/mol. The van der Waals surface area contributed by atoms with Gasteiger partial charge in [0.25, 0.3) is 0 Å². The second-order valence-corrected chi connectivity index (χ2v) is 6.85. The van der Waals surface area contributed by atoms with Gasteiger partial charge < -0.3 is 14.5 Å². The van der Waals surface area contributed by atoms with Crippen molar-refractivity contribution in [1.82, 2.24) is 10.3 Å². The van der Waals surface area contributed by atoms with Crippen molar-refractivity contribution in [3.63, 3.8) is 0 Å². The summed E-state index contributed by atoms with van der Waals surface area (Å²) in [6.07, 6.45) is 2.43. The summed E-state index contributed by atoms with van der Waals surface area (Å²) >= 11 is 5.90. The van der Waals surface area contributed by atoms with Crippen molar-refractivity contribution in [2.24, 2.45) is 0 Å². The number of aryl methyl sites for hydroxylation is 1. The molecule has 0 spiro atoms. The Balaban J connectivity index is 1.52.